The molecule has 5 rings (SSSR count). The van der Waals surface area contributed by atoms with Crippen LogP contribution in [0.1, 0.15) is 51.2 Å². The highest BCUT2D eigenvalue weighted by Gasteiger charge is 2.66. The maximum absolute atomic E-state index is 6.10. The van der Waals surface area contributed by atoms with E-state index in [9.17, 15) is 0 Å². The van der Waals surface area contributed by atoms with Crippen molar-refractivity contribution in [3.8, 4) is 0 Å². The molecule has 0 amide bonds. The summed E-state index contributed by atoms with van der Waals surface area (Å²) in [7, 11) is 0. The molecule has 2 aliphatic heterocycles. The summed E-state index contributed by atoms with van der Waals surface area (Å²) in [5, 5.41) is 7.46. The van der Waals surface area contributed by atoms with Crippen molar-refractivity contribution in [2.45, 2.75) is 70.1 Å². The van der Waals surface area contributed by atoms with Crippen LogP contribution in [0.3, 0.4) is 0 Å². The third kappa shape index (κ3) is 3.59. The smallest absolute Gasteiger partial charge is 0.191 e. The SMILES string of the molecule is CCN1CCCC1CN=C(NCCc1ccco1)NC1C2CCOC2C12CCC2. The van der Waals surface area contributed by atoms with E-state index < -0.39 is 0 Å². The van der Waals surface area contributed by atoms with Gasteiger partial charge in [-0.25, -0.2) is 0 Å². The summed E-state index contributed by atoms with van der Waals surface area (Å²) < 4.78 is 11.6. The van der Waals surface area contributed by atoms with Gasteiger partial charge in [0.1, 0.15) is 5.76 Å². The van der Waals surface area contributed by atoms with Gasteiger partial charge in [-0.15, -0.1) is 0 Å². The van der Waals surface area contributed by atoms with E-state index in [4.69, 9.17) is 14.1 Å². The van der Waals surface area contributed by atoms with Crippen molar-refractivity contribution in [1.29, 1.82) is 0 Å². The minimum absolute atomic E-state index is 0.368. The van der Waals surface area contributed by atoms with Crippen molar-refractivity contribution >= 4 is 5.96 Å². The van der Waals surface area contributed by atoms with Crippen LogP contribution >= 0.6 is 0 Å². The molecule has 6 nitrogen and oxygen atoms in total. The van der Waals surface area contributed by atoms with Gasteiger partial charge in [-0.1, -0.05) is 13.3 Å². The zero-order valence-corrected chi connectivity index (χ0v) is 17.7. The van der Waals surface area contributed by atoms with Crippen molar-refractivity contribution in [3.05, 3.63) is 24.2 Å². The Labute approximate surface area is 174 Å². The molecule has 1 aromatic rings. The summed E-state index contributed by atoms with van der Waals surface area (Å²) >= 11 is 0. The van der Waals surface area contributed by atoms with Crippen LogP contribution in [0.5, 0.6) is 0 Å². The van der Waals surface area contributed by atoms with Gasteiger partial charge in [0.25, 0.3) is 0 Å². The molecule has 1 spiro atoms. The first kappa shape index (κ1) is 19.4. The van der Waals surface area contributed by atoms with E-state index in [0.717, 1.165) is 44.4 Å². The fourth-order valence-corrected chi connectivity index (χ4v) is 6.23. The third-order valence-corrected chi connectivity index (χ3v) is 7.94. The van der Waals surface area contributed by atoms with Crippen molar-refractivity contribution in [2.24, 2.45) is 16.3 Å². The molecule has 4 fully saturated rings. The highest BCUT2D eigenvalue weighted by atomic mass is 16.5. The molecule has 4 aliphatic rings. The Balaban J connectivity index is 1.25. The first-order chi connectivity index (χ1) is 14.3. The molecule has 2 saturated carbocycles. The number of rotatable bonds is 7. The maximum Gasteiger partial charge on any atom is 0.191 e. The van der Waals surface area contributed by atoms with E-state index in [-0.39, 0.29) is 0 Å². The highest BCUT2D eigenvalue weighted by Crippen LogP contribution is 2.62. The molecule has 2 N–H and O–H groups in total. The standard InChI is InChI=1S/C23H36N4O2/c1-2-27-13-3-6-17(27)16-25-22(24-12-8-18-7-4-14-28-18)26-20-19-9-15-29-21(19)23(20)10-5-11-23/h4,7,14,17,19-21H,2-3,5-6,8-13,15-16H2,1H3,(H2,24,25,26). The van der Waals surface area contributed by atoms with Crippen LogP contribution in [0.2, 0.25) is 0 Å². The molecule has 29 heavy (non-hydrogen) atoms. The Morgan fingerprint density at radius 3 is 3.00 bits per heavy atom. The number of guanidine groups is 1. The normalized spacial score (nSPS) is 33.3. The van der Waals surface area contributed by atoms with Crippen LogP contribution < -0.4 is 10.6 Å². The summed E-state index contributed by atoms with van der Waals surface area (Å²) in [6, 6.07) is 5.10. The molecule has 3 heterocycles. The van der Waals surface area contributed by atoms with Crippen molar-refractivity contribution < 1.29 is 9.15 Å². The molecule has 160 valence electrons. The number of likely N-dealkylation sites (tertiary alicyclic amines) is 1. The number of aliphatic imine (C=N–C) groups is 1. The number of fused-ring (bicyclic) bond motifs is 2. The molecule has 1 aromatic heterocycles. The fraction of sp³-hybridized carbons (Fsp3) is 0.783. The molecular formula is C23H36N4O2. The van der Waals surface area contributed by atoms with Gasteiger partial charge in [0, 0.05) is 43.0 Å². The average Bonchev–Trinajstić information content (AvgIpc) is 3.43. The zero-order chi connectivity index (χ0) is 19.7. The molecule has 2 saturated heterocycles. The topological polar surface area (TPSA) is 62.0 Å². The van der Waals surface area contributed by atoms with Crippen molar-refractivity contribution in [3.63, 3.8) is 0 Å². The summed E-state index contributed by atoms with van der Waals surface area (Å²) in [5.74, 6) is 2.67. The first-order valence-electron chi connectivity index (χ1n) is 11.7. The Morgan fingerprint density at radius 1 is 1.31 bits per heavy atom. The van der Waals surface area contributed by atoms with Crippen molar-refractivity contribution in [1.82, 2.24) is 15.5 Å². The van der Waals surface area contributed by atoms with E-state index >= 15 is 0 Å². The van der Waals surface area contributed by atoms with Gasteiger partial charge in [-0.2, -0.15) is 0 Å². The Morgan fingerprint density at radius 2 is 2.24 bits per heavy atom. The lowest BCUT2D eigenvalue weighted by Crippen LogP contribution is -2.72. The summed E-state index contributed by atoms with van der Waals surface area (Å²) in [6.07, 6.45) is 10.8. The minimum atomic E-state index is 0.368. The van der Waals surface area contributed by atoms with Gasteiger partial charge in [0.15, 0.2) is 5.96 Å². The van der Waals surface area contributed by atoms with Crippen LogP contribution in [-0.2, 0) is 11.2 Å². The van der Waals surface area contributed by atoms with Gasteiger partial charge in [0.05, 0.1) is 18.9 Å². The maximum atomic E-state index is 6.10. The number of nitrogens with one attached hydrogen (secondary N) is 2. The second-order valence-corrected chi connectivity index (χ2v) is 9.32. The number of hydrogen-bond acceptors (Lipinski definition) is 4. The van der Waals surface area contributed by atoms with E-state index in [1.807, 2.05) is 12.1 Å². The number of nitrogens with zero attached hydrogens (tertiary/aromatic N) is 2. The lowest BCUT2D eigenvalue weighted by atomic mass is 9.46. The van der Waals surface area contributed by atoms with Crippen molar-refractivity contribution in [2.75, 3.05) is 32.8 Å². The van der Waals surface area contributed by atoms with E-state index in [1.54, 1.807) is 6.26 Å². The molecule has 4 unspecified atom stereocenters. The number of furan rings is 1. The van der Waals surface area contributed by atoms with Crippen LogP contribution in [0, 0.1) is 11.3 Å². The lowest BCUT2D eigenvalue weighted by Gasteiger charge is -2.63. The Hall–Kier alpha value is -1.53. The summed E-state index contributed by atoms with van der Waals surface area (Å²) in [4.78, 5) is 7.64. The predicted molar refractivity (Wildman–Crippen MR) is 114 cm³/mol. The quantitative estimate of drug-likeness (QED) is 0.544. The number of likely N-dealkylation sites (N-methyl/N-ethyl adjacent to an activating group) is 1. The van der Waals surface area contributed by atoms with Crippen LogP contribution in [0.25, 0.3) is 0 Å². The molecular weight excluding hydrogens is 364 g/mol. The van der Waals surface area contributed by atoms with Crippen LogP contribution in [0.4, 0.5) is 0 Å². The predicted octanol–water partition coefficient (Wildman–Crippen LogP) is 2.80. The average molecular weight is 401 g/mol. The third-order valence-electron chi connectivity index (χ3n) is 7.94. The number of hydrogen-bond donors (Lipinski definition) is 2. The summed E-state index contributed by atoms with van der Waals surface area (Å²) in [6.45, 7) is 7.26. The van der Waals surface area contributed by atoms with Gasteiger partial charge >= 0.3 is 0 Å². The fourth-order valence-electron chi connectivity index (χ4n) is 6.23. The van der Waals surface area contributed by atoms with E-state index in [2.05, 4.69) is 22.5 Å². The van der Waals surface area contributed by atoms with Crippen LogP contribution in [-0.4, -0.2) is 61.8 Å². The van der Waals surface area contributed by atoms with Crippen LogP contribution in [0.15, 0.2) is 27.8 Å². The van der Waals surface area contributed by atoms with Gasteiger partial charge in [-0.3, -0.25) is 9.89 Å². The minimum Gasteiger partial charge on any atom is -0.469 e. The van der Waals surface area contributed by atoms with E-state index in [0.29, 0.717) is 29.5 Å². The monoisotopic (exact) mass is 400 g/mol. The lowest BCUT2D eigenvalue weighted by molar-refractivity contribution is -0.171. The first-order valence-corrected chi connectivity index (χ1v) is 11.7. The molecule has 0 bridgehead atoms. The molecule has 0 aromatic carbocycles. The molecule has 4 atom stereocenters. The highest BCUT2D eigenvalue weighted by molar-refractivity contribution is 5.80. The van der Waals surface area contributed by atoms with Gasteiger partial charge in [0.2, 0.25) is 0 Å². The van der Waals surface area contributed by atoms with Gasteiger partial charge in [-0.05, 0) is 57.3 Å². The second kappa shape index (κ2) is 8.31. The largest absolute Gasteiger partial charge is 0.469 e. The second-order valence-electron chi connectivity index (χ2n) is 9.32. The Bertz CT molecular complexity index is 700. The molecule has 2 aliphatic carbocycles. The molecule has 6 heteroatoms. The zero-order valence-electron chi connectivity index (χ0n) is 17.7. The molecule has 0 radical (unpaired) electrons. The van der Waals surface area contributed by atoms with E-state index in [1.165, 1.54) is 45.1 Å². The number of ether oxygens (including phenoxy) is 1. The summed E-state index contributed by atoms with van der Waals surface area (Å²) in [5.41, 5.74) is 0.368. The Kier molecular flexibility index (Phi) is 5.57. The van der Waals surface area contributed by atoms with Gasteiger partial charge < -0.3 is 19.8 Å².